The van der Waals surface area contributed by atoms with Gasteiger partial charge in [-0.25, -0.2) is 0 Å². The van der Waals surface area contributed by atoms with E-state index in [1.165, 1.54) is 6.21 Å². The van der Waals surface area contributed by atoms with E-state index in [0.717, 1.165) is 21.5 Å². The Morgan fingerprint density at radius 2 is 2.10 bits per heavy atom. The summed E-state index contributed by atoms with van der Waals surface area (Å²) in [4.78, 5) is 0. The molecule has 5 heteroatoms. The van der Waals surface area contributed by atoms with Gasteiger partial charge in [0.05, 0.1) is 11.3 Å². The highest BCUT2D eigenvalue weighted by molar-refractivity contribution is 9.10. The van der Waals surface area contributed by atoms with E-state index in [2.05, 4.69) is 27.3 Å². The zero-order valence-electron chi connectivity index (χ0n) is 11.2. The molecule has 106 valence electrons. The Labute approximate surface area is 137 Å². The van der Waals surface area contributed by atoms with Crippen LogP contribution in [-0.4, -0.2) is 12.8 Å². The molecule has 0 heterocycles. The fourth-order valence-electron chi connectivity index (χ4n) is 2.05. The Hall–Kier alpha value is -1.83. The second kappa shape index (κ2) is 7.26. The van der Waals surface area contributed by atoms with Gasteiger partial charge >= 0.3 is 0 Å². The Morgan fingerprint density at radius 1 is 1.33 bits per heavy atom. The van der Waals surface area contributed by atoms with Crippen LogP contribution in [0.5, 0.6) is 0 Å². The minimum Gasteiger partial charge on any atom is -0.383 e. The molecule has 0 unspecified atom stereocenters. The van der Waals surface area contributed by atoms with Crippen LogP contribution in [-0.2, 0) is 6.42 Å². The first-order valence-corrected chi connectivity index (χ1v) is 7.54. The summed E-state index contributed by atoms with van der Waals surface area (Å²) in [7, 11) is 0. The standard InChI is InChI=1S/C16H13BrClN3/c17-14-7-12(9-19)16(13(8-14)10-20)21-6-5-11-3-1-2-4-15(11)18/h1-4,7-9,19,21H,5-6H2. The highest BCUT2D eigenvalue weighted by Crippen LogP contribution is 2.25. The van der Waals surface area contributed by atoms with Crippen molar-refractivity contribution in [2.24, 2.45) is 0 Å². The first-order valence-electron chi connectivity index (χ1n) is 6.37. The van der Waals surface area contributed by atoms with Gasteiger partial charge in [0.2, 0.25) is 0 Å². The Kier molecular flexibility index (Phi) is 5.38. The predicted molar refractivity (Wildman–Crippen MR) is 90.4 cm³/mol. The summed E-state index contributed by atoms with van der Waals surface area (Å²) in [5, 5.41) is 20.7. The molecule has 2 rings (SSSR count). The third-order valence-electron chi connectivity index (χ3n) is 3.06. The summed E-state index contributed by atoms with van der Waals surface area (Å²) < 4.78 is 0.786. The molecule has 2 aromatic rings. The lowest BCUT2D eigenvalue weighted by atomic mass is 10.1. The van der Waals surface area contributed by atoms with Crippen molar-refractivity contribution in [3.05, 3.63) is 62.6 Å². The van der Waals surface area contributed by atoms with Crippen LogP contribution in [0.15, 0.2) is 40.9 Å². The quantitative estimate of drug-likeness (QED) is 0.762. The maximum atomic E-state index is 9.22. The molecule has 0 aliphatic rings. The van der Waals surface area contributed by atoms with Gasteiger partial charge in [0.1, 0.15) is 6.07 Å². The summed E-state index contributed by atoms with van der Waals surface area (Å²) in [6.07, 6.45) is 1.99. The fourth-order valence-corrected chi connectivity index (χ4v) is 2.76. The van der Waals surface area contributed by atoms with E-state index in [4.69, 9.17) is 17.0 Å². The molecule has 21 heavy (non-hydrogen) atoms. The van der Waals surface area contributed by atoms with Crippen LogP contribution in [0.4, 0.5) is 5.69 Å². The summed E-state index contributed by atoms with van der Waals surface area (Å²) >= 11 is 9.46. The molecular weight excluding hydrogens is 350 g/mol. The number of hydrogen-bond donors (Lipinski definition) is 2. The van der Waals surface area contributed by atoms with Crippen molar-refractivity contribution in [1.29, 1.82) is 10.7 Å². The molecule has 0 atom stereocenters. The summed E-state index contributed by atoms with van der Waals surface area (Å²) in [5.74, 6) is 0. The number of halogens is 2. The van der Waals surface area contributed by atoms with Gasteiger partial charge < -0.3 is 10.7 Å². The maximum absolute atomic E-state index is 9.22. The van der Waals surface area contributed by atoms with Gasteiger partial charge in [-0.1, -0.05) is 45.7 Å². The molecule has 0 radical (unpaired) electrons. The minimum atomic E-state index is 0.516. The molecule has 0 aliphatic heterocycles. The first kappa shape index (κ1) is 15.6. The molecule has 0 saturated carbocycles. The zero-order chi connectivity index (χ0) is 15.2. The van der Waals surface area contributed by atoms with Crippen LogP contribution in [0.25, 0.3) is 0 Å². The lowest BCUT2D eigenvalue weighted by Gasteiger charge is -2.12. The third kappa shape index (κ3) is 3.84. The lowest BCUT2D eigenvalue weighted by molar-refractivity contribution is 1.02. The molecule has 0 aliphatic carbocycles. The number of nitrogens with zero attached hydrogens (tertiary/aromatic N) is 1. The molecule has 0 saturated heterocycles. The monoisotopic (exact) mass is 361 g/mol. The van der Waals surface area contributed by atoms with E-state index in [1.54, 1.807) is 6.07 Å². The van der Waals surface area contributed by atoms with Gasteiger partial charge in [-0.15, -0.1) is 0 Å². The van der Waals surface area contributed by atoms with Crippen LogP contribution >= 0.6 is 27.5 Å². The normalized spacial score (nSPS) is 9.95. The van der Waals surface area contributed by atoms with Crippen molar-refractivity contribution < 1.29 is 0 Å². The Balaban J connectivity index is 2.15. The predicted octanol–water partition coefficient (Wildman–Crippen LogP) is 4.63. The zero-order valence-corrected chi connectivity index (χ0v) is 13.5. The van der Waals surface area contributed by atoms with Crippen LogP contribution < -0.4 is 5.32 Å². The maximum Gasteiger partial charge on any atom is 0.101 e. The smallest absolute Gasteiger partial charge is 0.101 e. The van der Waals surface area contributed by atoms with E-state index in [9.17, 15) is 5.26 Å². The van der Waals surface area contributed by atoms with Gasteiger partial charge in [-0.05, 0) is 30.2 Å². The van der Waals surface area contributed by atoms with Crippen molar-refractivity contribution in [3.63, 3.8) is 0 Å². The highest BCUT2D eigenvalue weighted by atomic mass is 79.9. The molecule has 2 aromatic carbocycles. The fraction of sp³-hybridized carbons (Fsp3) is 0.125. The van der Waals surface area contributed by atoms with E-state index in [-0.39, 0.29) is 0 Å². The second-order valence-electron chi connectivity index (χ2n) is 4.44. The summed E-state index contributed by atoms with van der Waals surface area (Å²) in [5.41, 5.74) is 2.93. The molecule has 0 spiro atoms. The van der Waals surface area contributed by atoms with Gasteiger partial charge in [0.15, 0.2) is 0 Å². The summed E-state index contributed by atoms with van der Waals surface area (Å²) in [6.45, 7) is 0.640. The van der Waals surface area contributed by atoms with Gasteiger partial charge in [-0.2, -0.15) is 5.26 Å². The van der Waals surface area contributed by atoms with Crippen LogP contribution in [0.2, 0.25) is 5.02 Å². The third-order valence-corrected chi connectivity index (χ3v) is 3.89. The van der Waals surface area contributed by atoms with Crippen LogP contribution in [0, 0.1) is 16.7 Å². The average molecular weight is 363 g/mol. The van der Waals surface area contributed by atoms with E-state index in [1.807, 2.05) is 30.3 Å². The topological polar surface area (TPSA) is 59.7 Å². The number of hydrogen-bond acceptors (Lipinski definition) is 3. The molecule has 0 bridgehead atoms. The van der Waals surface area contributed by atoms with E-state index >= 15 is 0 Å². The number of nitrogens with one attached hydrogen (secondary N) is 2. The van der Waals surface area contributed by atoms with Crippen molar-refractivity contribution in [2.75, 3.05) is 11.9 Å². The number of benzene rings is 2. The first-order chi connectivity index (χ1) is 10.2. The Morgan fingerprint density at radius 3 is 2.76 bits per heavy atom. The molecule has 0 fully saturated rings. The largest absolute Gasteiger partial charge is 0.383 e. The van der Waals surface area contributed by atoms with Gasteiger partial charge in [0.25, 0.3) is 0 Å². The average Bonchev–Trinajstić information content (AvgIpc) is 2.49. The molecule has 0 aromatic heterocycles. The lowest BCUT2D eigenvalue weighted by Crippen LogP contribution is -2.09. The SMILES string of the molecule is N#Cc1cc(Br)cc(C=N)c1NCCc1ccccc1Cl. The Bertz CT molecular complexity index is 707. The summed E-state index contributed by atoms with van der Waals surface area (Å²) in [6, 6.07) is 13.4. The van der Waals surface area contributed by atoms with Gasteiger partial charge in [0, 0.05) is 27.8 Å². The van der Waals surface area contributed by atoms with Crippen LogP contribution in [0.1, 0.15) is 16.7 Å². The molecule has 2 N–H and O–H groups in total. The molecule has 3 nitrogen and oxygen atoms in total. The van der Waals surface area contributed by atoms with E-state index in [0.29, 0.717) is 23.4 Å². The van der Waals surface area contributed by atoms with Crippen molar-refractivity contribution in [3.8, 4) is 6.07 Å². The second-order valence-corrected chi connectivity index (χ2v) is 5.76. The van der Waals surface area contributed by atoms with Gasteiger partial charge in [-0.3, -0.25) is 0 Å². The molecule has 0 amide bonds. The van der Waals surface area contributed by atoms with Crippen LogP contribution in [0.3, 0.4) is 0 Å². The highest BCUT2D eigenvalue weighted by Gasteiger charge is 2.09. The van der Waals surface area contributed by atoms with E-state index < -0.39 is 0 Å². The van der Waals surface area contributed by atoms with Crippen molar-refractivity contribution >= 4 is 39.4 Å². The number of rotatable bonds is 5. The number of anilines is 1. The minimum absolute atomic E-state index is 0.516. The molecular formula is C16H13BrClN3. The van der Waals surface area contributed by atoms with Crippen molar-refractivity contribution in [1.82, 2.24) is 0 Å². The number of nitriles is 1. The van der Waals surface area contributed by atoms with Crippen molar-refractivity contribution in [2.45, 2.75) is 6.42 Å².